The number of halogens is 3. The van der Waals surface area contributed by atoms with Crippen LogP contribution in [-0.2, 0) is 6.18 Å². The zero-order valence-corrected chi connectivity index (χ0v) is 11.0. The minimum absolute atomic E-state index is 0.0423. The molecule has 0 saturated carbocycles. The van der Waals surface area contributed by atoms with E-state index < -0.39 is 11.9 Å². The largest absolute Gasteiger partial charge is 0.433 e. The average Bonchev–Trinajstić information content (AvgIpc) is 2.28. The quantitative estimate of drug-likeness (QED) is 0.868. The maximum absolute atomic E-state index is 12.5. The molecule has 0 aliphatic rings. The molecule has 0 aliphatic heterocycles. The molecule has 7 heteroatoms. The van der Waals surface area contributed by atoms with Crippen LogP contribution in [0.5, 0.6) is 0 Å². The molecule has 1 aromatic heterocycles. The van der Waals surface area contributed by atoms with Crippen LogP contribution in [0.15, 0.2) is 12.3 Å². The second-order valence-corrected chi connectivity index (χ2v) is 5.18. The van der Waals surface area contributed by atoms with Gasteiger partial charge in [-0.15, -0.1) is 0 Å². The highest BCUT2D eigenvalue weighted by Crippen LogP contribution is 2.31. The topological polar surface area (TPSA) is 50.9 Å². The van der Waals surface area contributed by atoms with Gasteiger partial charge in [-0.1, -0.05) is 6.92 Å². The lowest BCUT2D eigenvalue weighted by Crippen LogP contribution is -2.20. The lowest BCUT2D eigenvalue weighted by atomic mass is 10.2. The number of nitrogens with zero attached hydrogens (tertiary/aromatic N) is 1. The van der Waals surface area contributed by atoms with E-state index in [4.69, 9.17) is 5.73 Å². The summed E-state index contributed by atoms with van der Waals surface area (Å²) in [6.07, 6.45) is -3.42. The summed E-state index contributed by atoms with van der Waals surface area (Å²) in [7, 11) is 0. The van der Waals surface area contributed by atoms with Gasteiger partial charge < -0.3 is 11.1 Å². The fourth-order valence-electron chi connectivity index (χ4n) is 1.35. The van der Waals surface area contributed by atoms with Gasteiger partial charge in [0.05, 0.1) is 17.6 Å². The zero-order valence-electron chi connectivity index (χ0n) is 10.2. The minimum atomic E-state index is -4.45. The number of hydrogen-bond acceptors (Lipinski definition) is 4. The van der Waals surface area contributed by atoms with Gasteiger partial charge in [-0.2, -0.15) is 24.9 Å². The Morgan fingerprint density at radius 2 is 2.17 bits per heavy atom. The average molecular weight is 279 g/mol. The molecule has 18 heavy (non-hydrogen) atoms. The summed E-state index contributed by atoms with van der Waals surface area (Å²) in [5.41, 5.74) is 5.17. The first-order valence-electron chi connectivity index (χ1n) is 5.51. The van der Waals surface area contributed by atoms with Crippen molar-refractivity contribution in [2.24, 2.45) is 0 Å². The number of alkyl halides is 3. The third-order valence-corrected chi connectivity index (χ3v) is 3.34. The van der Waals surface area contributed by atoms with Crippen molar-refractivity contribution < 1.29 is 13.2 Å². The Bertz CT molecular complexity index is 396. The molecule has 0 aromatic carbocycles. The lowest BCUT2D eigenvalue weighted by Gasteiger charge is -2.17. The fraction of sp³-hybridized carbons (Fsp3) is 0.545. The van der Waals surface area contributed by atoms with Crippen molar-refractivity contribution in [3.8, 4) is 0 Å². The number of rotatable bonds is 5. The molecule has 1 aromatic rings. The van der Waals surface area contributed by atoms with Gasteiger partial charge in [-0.05, 0) is 18.7 Å². The molecule has 0 bridgehead atoms. The first-order chi connectivity index (χ1) is 8.34. The summed E-state index contributed by atoms with van der Waals surface area (Å²) < 4.78 is 37.5. The molecule has 1 heterocycles. The van der Waals surface area contributed by atoms with E-state index in [1.165, 1.54) is 0 Å². The highest BCUT2D eigenvalue weighted by molar-refractivity contribution is 7.99. The monoisotopic (exact) mass is 279 g/mol. The Kier molecular flexibility index (Phi) is 5.13. The van der Waals surface area contributed by atoms with E-state index in [1.54, 1.807) is 11.8 Å². The highest BCUT2D eigenvalue weighted by Gasteiger charge is 2.33. The van der Waals surface area contributed by atoms with Crippen LogP contribution in [0.4, 0.5) is 24.5 Å². The second-order valence-electron chi connectivity index (χ2n) is 3.86. The van der Waals surface area contributed by atoms with Crippen LogP contribution in [0.1, 0.15) is 19.5 Å². The van der Waals surface area contributed by atoms with E-state index in [-0.39, 0.29) is 17.4 Å². The van der Waals surface area contributed by atoms with Crippen molar-refractivity contribution >= 4 is 23.1 Å². The van der Waals surface area contributed by atoms with Gasteiger partial charge in [0, 0.05) is 11.8 Å². The van der Waals surface area contributed by atoms with E-state index in [0.29, 0.717) is 0 Å². The van der Waals surface area contributed by atoms with Crippen molar-refractivity contribution in [1.29, 1.82) is 0 Å². The minimum Gasteiger partial charge on any atom is -0.396 e. The number of nitrogens with two attached hydrogens (primary N) is 1. The van der Waals surface area contributed by atoms with Crippen LogP contribution < -0.4 is 11.1 Å². The van der Waals surface area contributed by atoms with Crippen LogP contribution >= 0.6 is 11.8 Å². The van der Waals surface area contributed by atoms with Crippen molar-refractivity contribution in [3.63, 3.8) is 0 Å². The summed E-state index contributed by atoms with van der Waals surface area (Å²) in [5.74, 6) is 1.77. The van der Waals surface area contributed by atoms with Crippen LogP contribution in [0.2, 0.25) is 0 Å². The maximum atomic E-state index is 12.5. The van der Waals surface area contributed by atoms with E-state index >= 15 is 0 Å². The molecule has 0 radical (unpaired) electrons. The van der Waals surface area contributed by atoms with E-state index in [9.17, 15) is 13.2 Å². The molecule has 0 fully saturated rings. The van der Waals surface area contributed by atoms with Crippen LogP contribution in [0.25, 0.3) is 0 Å². The van der Waals surface area contributed by atoms with Crippen LogP contribution in [0.3, 0.4) is 0 Å². The number of nitrogen functional groups attached to an aromatic ring is 1. The number of anilines is 2. The van der Waals surface area contributed by atoms with Crippen molar-refractivity contribution in [2.75, 3.05) is 22.6 Å². The Labute approximate surface area is 108 Å². The third-order valence-electron chi connectivity index (χ3n) is 2.20. The van der Waals surface area contributed by atoms with Gasteiger partial charge in [0.1, 0.15) is 5.69 Å². The molecule has 1 unspecified atom stereocenters. The van der Waals surface area contributed by atoms with Crippen LogP contribution in [-0.4, -0.2) is 22.5 Å². The molecule has 102 valence electrons. The van der Waals surface area contributed by atoms with Crippen molar-refractivity contribution in [2.45, 2.75) is 26.1 Å². The molecule has 3 nitrogen and oxygen atoms in total. The summed E-state index contributed by atoms with van der Waals surface area (Å²) in [6, 6.07) is 0.989. The number of thioether (sulfide) groups is 1. The zero-order chi connectivity index (χ0) is 13.8. The molecule has 1 rings (SSSR count). The molecule has 0 aliphatic carbocycles. The Balaban J connectivity index is 2.81. The van der Waals surface area contributed by atoms with Gasteiger partial charge >= 0.3 is 6.18 Å². The standard InChI is InChI=1S/C11H16F3N3S/c1-3-18-6-7(2)17-9-4-10(11(12,13)14)16-5-8(9)15/h4-5,7H,3,6,15H2,1-2H3,(H,16,17). The van der Waals surface area contributed by atoms with Crippen LogP contribution in [0, 0.1) is 0 Å². The van der Waals surface area contributed by atoms with Gasteiger partial charge in [-0.25, -0.2) is 4.98 Å². The smallest absolute Gasteiger partial charge is 0.396 e. The van der Waals surface area contributed by atoms with Gasteiger partial charge in [-0.3, -0.25) is 0 Å². The van der Waals surface area contributed by atoms with Gasteiger partial charge in [0.25, 0.3) is 0 Å². The van der Waals surface area contributed by atoms with Gasteiger partial charge in [0.2, 0.25) is 0 Å². The number of aromatic nitrogens is 1. The molecule has 3 N–H and O–H groups in total. The predicted molar refractivity (Wildman–Crippen MR) is 69.7 cm³/mol. The third kappa shape index (κ3) is 4.29. The summed E-state index contributed by atoms with van der Waals surface area (Å²) in [6.45, 7) is 3.93. The summed E-state index contributed by atoms with van der Waals surface area (Å²) in [5, 5.41) is 2.97. The maximum Gasteiger partial charge on any atom is 0.433 e. The summed E-state index contributed by atoms with van der Waals surface area (Å²) >= 11 is 1.71. The Morgan fingerprint density at radius 1 is 1.50 bits per heavy atom. The molecule has 0 amide bonds. The Hall–Kier alpha value is -1.11. The van der Waals surface area contributed by atoms with E-state index in [2.05, 4.69) is 10.3 Å². The van der Waals surface area contributed by atoms with Crippen molar-refractivity contribution in [3.05, 3.63) is 18.0 Å². The highest BCUT2D eigenvalue weighted by atomic mass is 32.2. The second kappa shape index (κ2) is 6.17. The molecule has 0 spiro atoms. The normalized spacial score (nSPS) is 13.4. The molecular formula is C11H16F3N3S. The van der Waals surface area contributed by atoms with E-state index in [1.807, 2.05) is 13.8 Å². The predicted octanol–water partition coefficient (Wildman–Crippen LogP) is 3.24. The van der Waals surface area contributed by atoms with Gasteiger partial charge in [0.15, 0.2) is 0 Å². The summed E-state index contributed by atoms with van der Waals surface area (Å²) in [4.78, 5) is 3.28. The number of pyridine rings is 1. The molecule has 1 atom stereocenters. The first-order valence-corrected chi connectivity index (χ1v) is 6.67. The lowest BCUT2D eigenvalue weighted by molar-refractivity contribution is -0.141. The van der Waals surface area contributed by atoms with Crippen molar-refractivity contribution in [1.82, 2.24) is 4.98 Å². The SMILES string of the molecule is CCSCC(C)Nc1cc(C(F)(F)F)ncc1N. The first kappa shape index (κ1) is 14.9. The Morgan fingerprint density at radius 3 is 2.72 bits per heavy atom. The molecular weight excluding hydrogens is 263 g/mol. The number of hydrogen-bond donors (Lipinski definition) is 2. The molecule has 0 saturated heterocycles. The fourth-order valence-corrected chi connectivity index (χ4v) is 2.02. The number of nitrogens with one attached hydrogen (secondary N) is 1. The van der Waals surface area contributed by atoms with E-state index in [0.717, 1.165) is 23.8 Å².